The Bertz CT molecular complexity index is 1230. The molecule has 1 saturated carbocycles. The van der Waals surface area contributed by atoms with Crippen LogP contribution in [0.5, 0.6) is 0 Å². The Hall–Kier alpha value is -3.06. The van der Waals surface area contributed by atoms with Gasteiger partial charge in [-0.05, 0) is 56.5 Å². The summed E-state index contributed by atoms with van der Waals surface area (Å²) in [6.07, 6.45) is 9.35. The van der Waals surface area contributed by atoms with Gasteiger partial charge in [0.2, 0.25) is 5.91 Å². The number of carbonyl (C=O) groups is 2. The molecule has 2 aromatic heterocycles. The number of carbonyl (C=O) groups excluding carboxylic acids is 2. The number of halogens is 1. The lowest BCUT2D eigenvalue weighted by Crippen LogP contribution is -2.65. The van der Waals surface area contributed by atoms with Gasteiger partial charge in [-0.2, -0.15) is 5.10 Å². The summed E-state index contributed by atoms with van der Waals surface area (Å²) < 4.78 is 7.14. The maximum Gasteiger partial charge on any atom is 0.277 e. The first-order valence-electron chi connectivity index (χ1n) is 12.4. The van der Waals surface area contributed by atoms with Gasteiger partial charge in [-0.15, -0.1) is 0 Å². The molecule has 35 heavy (non-hydrogen) atoms. The first-order chi connectivity index (χ1) is 16.9. The summed E-state index contributed by atoms with van der Waals surface area (Å²) in [6, 6.07) is 10.9. The van der Waals surface area contributed by atoms with Crippen molar-refractivity contribution in [3.8, 4) is 11.5 Å². The monoisotopic (exact) mass is 494 g/mol. The van der Waals surface area contributed by atoms with E-state index in [0.717, 1.165) is 31.2 Å². The molecule has 0 spiro atoms. The number of nitrogens with zero attached hydrogens (tertiary/aromatic N) is 3. The molecule has 1 fully saturated rings. The van der Waals surface area contributed by atoms with Gasteiger partial charge in [0.05, 0.1) is 12.8 Å². The van der Waals surface area contributed by atoms with Crippen LogP contribution in [0, 0.1) is 6.92 Å². The van der Waals surface area contributed by atoms with E-state index in [-0.39, 0.29) is 24.4 Å². The minimum absolute atomic E-state index is 0.106. The largest absolute Gasteiger partial charge is 0.463 e. The molecule has 8 heteroatoms. The van der Waals surface area contributed by atoms with Crippen LogP contribution in [0.4, 0.5) is 5.69 Å². The summed E-state index contributed by atoms with van der Waals surface area (Å²) in [5, 5.41) is 8.47. The SMILES string of the molecule is Cc1c(Cl)cccc1N1C(=O)c2cc(-c3ccco3)nn2C[C@@]1(C)C(=O)NC1CCCCCCC1. The fraction of sp³-hybridized carbons (Fsp3) is 0.444. The van der Waals surface area contributed by atoms with Gasteiger partial charge in [0.1, 0.15) is 16.9 Å². The first-order valence-corrected chi connectivity index (χ1v) is 12.8. The van der Waals surface area contributed by atoms with Crippen molar-refractivity contribution < 1.29 is 14.0 Å². The average molecular weight is 495 g/mol. The molecular formula is C27H31ClN4O3. The second-order valence-corrected chi connectivity index (χ2v) is 10.3. The number of furan rings is 1. The van der Waals surface area contributed by atoms with Gasteiger partial charge in [0.15, 0.2) is 5.76 Å². The van der Waals surface area contributed by atoms with E-state index in [1.54, 1.807) is 40.1 Å². The molecule has 0 unspecified atom stereocenters. The molecule has 2 amide bonds. The number of rotatable bonds is 4. The molecule has 0 saturated heterocycles. The highest BCUT2D eigenvalue weighted by Crippen LogP contribution is 2.37. The zero-order valence-electron chi connectivity index (χ0n) is 20.2. The minimum atomic E-state index is -1.19. The summed E-state index contributed by atoms with van der Waals surface area (Å²) in [7, 11) is 0. The lowest BCUT2D eigenvalue weighted by molar-refractivity contribution is -0.127. The van der Waals surface area contributed by atoms with Crippen molar-refractivity contribution in [1.82, 2.24) is 15.1 Å². The number of aromatic nitrogens is 2. The maximum absolute atomic E-state index is 14.0. The Morgan fingerprint density at radius 1 is 1.14 bits per heavy atom. The van der Waals surface area contributed by atoms with Crippen molar-refractivity contribution in [1.29, 1.82) is 0 Å². The van der Waals surface area contributed by atoms with Gasteiger partial charge in [-0.25, -0.2) is 0 Å². The predicted octanol–water partition coefficient (Wildman–Crippen LogP) is 5.75. The number of benzene rings is 1. The molecule has 3 aromatic rings. The molecule has 0 radical (unpaired) electrons. The van der Waals surface area contributed by atoms with Crippen LogP contribution < -0.4 is 10.2 Å². The third kappa shape index (κ3) is 4.38. The summed E-state index contributed by atoms with van der Waals surface area (Å²) in [5.41, 5.74) is 1.17. The zero-order chi connectivity index (χ0) is 24.6. The Labute approximate surface area is 210 Å². The standard InChI is InChI=1S/C27H31ClN4O3/c1-18-20(28)12-8-13-22(18)32-25(33)23-16-21(24-14-9-15-35-24)30-31(23)17-27(32,2)26(34)29-19-10-6-4-3-5-7-11-19/h8-9,12-16,19H,3-7,10-11,17H2,1-2H3,(H,29,34)/t27-/m0/s1. The van der Waals surface area contributed by atoms with Gasteiger partial charge in [0.25, 0.3) is 5.91 Å². The Kier molecular flexibility index (Phi) is 6.45. The number of hydrogen-bond donors (Lipinski definition) is 1. The fourth-order valence-electron chi connectivity index (χ4n) is 5.28. The van der Waals surface area contributed by atoms with E-state index in [0.29, 0.717) is 27.9 Å². The Balaban J connectivity index is 1.55. The third-order valence-electron chi connectivity index (χ3n) is 7.34. The first kappa shape index (κ1) is 23.7. The number of amides is 2. The van der Waals surface area contributed by atoms with Crippen LogP contribution in [-0.4, -0.2) is 33.2 Å². The quantitative estimate of drug-likeness (QED) is 0.500. The maximum atomic E-state index is 14.0. The van der Waals surface area contributed by atoms with E-state index in [1.807, 2.05) is 26.0 Å². The Morgan fingerprint density at radius 2 is 1.89 bits per heavy atom. The van der Waals surface area contributed by atoms with Gasteiger partial charge < -0.3 is 9.73 Å². The van der Waals surface area contributed by atoms with Crippen molar-refractivity contribution in [2.24, 2.45) is 0 Å². The van der Waals surface area contributed by atoms with Crippen LogP contribution in [0.2, 0.25) is 5.02 Å². The number of hydrogen-bond acceptors (Lipinski definition) is 4. The van der Waals surface area contributed by atoms with Crippen LogP contribution in [0.3, 0.4) is 0 Å². The molecule has 3 heterocycles. The summed E-state index contributed by atoms with van der Waals surface area (Å²) in [4.78, 5) is 29.6. The van der Waals surface area contributed by atoms with Crippen LogP contribution in [0.1, 0.15) is 67.9 Å². The summed E-state index contributed by atoms with van der Waals surface area (Å²) >= 11 is 6.45. The lowest BCUT2D eigenvalue weighted by atomic mass is 9.91. The summed E-state index contributed by atoms with van der Waals surface area (Å²) in [5.74, 6) is 0.115. The van der Waals surface area contributed by atoms with Crippen LogP contribution >= 0.6 is 11.6 Å². The van der Waals surface area contributed by atoms with E-state index in [1.165, 1.54) is 19.3 Å². The zero-order valence-corrected chi connectivity index (χ0v) is 21.0. The van der Waals surface area contributed by atoms with Crippen LogP contribution in [0.25, 0.3) is 11.5 Å². The molecule has 1 atom stereocenters. The highest BCUT2D eigenvalue weighted by molar-refractivity contribution is 6.32. The normalized spacial score (nSPS) is 21.3. The van der Waals surface area contributed by atoms with Crippen molar-refractivity contribution in [3.05, 3.63) is 58.9 Å². The lowest BCUT2D eigenvalue weighted by Gasteiger charge is -2.44. The molecule has 5 rings (SSSR count). The number of anilines is 1. The number of fused-ring (bicyclic) bond motifs is 1. The van der Waals surface area contributed by atoms with Crippen molar-refractivity contribution in [3.63, 3.8) is 0 Å². The predicted molar refractivity (Wildman–Crippen MR) is 136 cm³/mol. The second kappa shape index (κ2) is 9.53. The molecule has 184 valence electrons. The van der Waals surface area contributed by atoms with Gasteiger partial charge in [0, 0.05) is 22.8 Å². The van der Waals surface area contributed by atoms with E-state index in [9.17, 15) is 9.59 Å². The van der Waals surface area contributed by atoms with Crippen molar-refractivity contribution >= 4 is 29.1 Å². The minimum Gasteiger partial charge on any atom is -0.463 e. The van der Waals surface area contributed by atoms with Gasteiger partial charge in [-0.1, -0.05) is 49.8 Å². The Morgan fingerprint density at radius 3 is 2.60 bits per heavy atom. The van der Waals surface area contributed by atoms with E-state index in [4.69, 9.17) is 16.0 Å². The topological polar surface area (TPSA) is 80.4 Å². The van der Waals surface area contributed by atoms with Gasteiger partial charge in [-0.3, -0.25) is 19.2 Å². The highest BCUT2D eigenvalue weighted by Gasteiger charge is 2.49. The second-order valence-electron chi connectivity index (χ2n) is 9.86. The summed E-state index contributed by atoms with van der Waals surface area (Å²) in [6.45, 7) is 3.91. The van der Waals surface area contributed by atoms with E-state index >= 15 is 0 Å². The highest BCUT2D eigenvalue weighted by atomic mass is 35.5. The average Bonchev–Trinajstić information content (AvgIpc) is 3.48. The van der Waals surface area contributed by atoms with Crippen LogP contribution in [0.15, 0.2) is 47.1 Å². The number of nitrogens with one attached hydrogen (secondary N) is 1. The van der Waals surface area contributed by atoms with Crippen molar-refractivity contribution in [2.45, 2.75) is 76.9 Å². The molecule has 1 aromatic carbocycles. The molecule has 1 aliphatic heterocycles. The molecule has 1 aliphatic carbocycles. The molecule has 7 nitrogen and oxygen atoms in total. The molecule has 1 N–H and O–H groups in total. The molecular weight excluding hydrogens is 464 g/mol. The van der Waals surface area contributed by atoms with Crippen LogP contribution in [-0.2, 0) is 11.3 Å². The van der Waals surface area contributed by atoms with E-state index < -0.39 is 5.54 Å². The third-order valence-corrected chi connectivity index (χ3v) is 7.75. The smallest absolute Gasteiger partial charge is 0.277 e. The van der Waals surface area contributed by atoms with E-state index in [2.05, 4.69) is 10.4 Å². The fourth-order valence-corrected chi connectivity index (χ4v) is 5.45. The van der Waals surface area contributed by atoms with Gasteiger partial charge >= 0.3 is 0 Å². The molecule has 2 aliphatic rings. The van der Waals surface area contributed by atoms with Crippen molar-refractivity contribution in [2.75, 3.05) is 4.90 Å². The molecule has 0 bridgehead atoms.